The van der Waals surface area contributed by atoms with E-state index in [0.29, 0.717) is 5.69 Å². The summed E-state index contributed by atoms with van der Waals surface area (Å²) in [4.78, 5) is 3.83. The molecule has 1 heterocycles. The molecule has 2 nitrogen and oxygen atoms in total. The zero-order valence-corrected chi connectivity index (χ0v) is 6.47. The zero-order valence-electron chi connectivity index (χ0n) is 5.71. The topological polar surface area (TPSA) is 33.1 Å². The van der Waals surface area contributed by atoms with Gasteiger partial charge in [-0.1, -0.05) is 5.92 Å². The number of hydrogen-bond donors (Lipinski definition) is 1. The van der Waals surface area contributed by atoms with Crippen molar-refractivity contribution in [3.05, 3.63) is 24.0 Å². The smallest absolute Gasteiger partial charge is 0.154 e. The van der Waals surface area contributed by atoms with E-state index < -0.39 is 0 Å². The number of pyridine rings is 1. The molecular weight excluding hydrogens is 162 g/mol. The second-order valence-electron chi connectivity index (χ2n) is 1.81. The molecule has 0 aliphatic carbocycles. The van der Waals surface area contributed by atoms with E-state index in [0.717, 1.165) is 0 Å². The summed E-state index contributed by atoms with van der Waals surface area (Å²) in [5.41, 5.74) is 0.369. The summed E-state index contributed by atoms with van der Waals surface area (Å²) >= 11 is 5.32. The van der Waals surface area contributed by atoms with Crippen LogP contribution in [0.15, 0.2) is 18.3 Å². The van der Waals surface area contributed by atoms with Crippen molar-refractivity contribution in [2.75, 3.05) is 5.88 Å². The van der Waals surface area contributed by atoms with Gasteiger partial charge < -0.3 is 5.11 Å². The van der Waals surface area contributed by atoms with Crippen molar-refractivity contribution >= 4 is 11.6 Å². The molecule has 0 atom stereocenters. The number of rotatable bonds is 0. The zero-order chi connectivity index (χ0) is 8.10. The van der Waals surface area contributed by atoms with Gasteiger partial charge in [0.2, 0.25) is 0 Å². The minimum absolute atomic E-state index is 0.0881. The quantitative estimate of drug-likeness (QED) is 0.468. The third kappa shape index (κ3) is 2.14. The van der Waals surface area contributed by atoms with Crippen molar-refractivity contribution in [2.24, 2.45) is 0 Å². The predicted molar refractivity (Wildman–Crippen MR) is 43.5 cm³/mol. The summed E-state index contributed by atoms with van der Waals surface area (Å²) in [5.74, 6) is 5.55. The van der Waals surface area contributed by atoms with Gasteiger partial charge in [-0.3, -0.25) is 0 Å². The lowest BCUT2D eigenvalue weighted by Crippen LogP contribution is -1.80. The second kappa shape index (κ2) is 3.85. The number of alkyl halides is 1. The van der Waals surface area contributed by atoms with Crippen LogP contribution >= 0.6 is 11.6 Å². The van der Waals surface area contributed by atoms with Crippen molar-refractivity contribution in [1.82, 2.24) is 4.98 Å². The van der Waals surface area contributed by atoms with Gasteiger partial charge in [0.15, 0.2) is 5.69 Å². The fourth-order valence-corrected chi connectivity index (χ4v) is 0.677. The molecule has 1 N–H and O–H groups in total. The Labute approximate surface area is 69.8 Å². The molecule has 0 saturated carbocycles. The van der Waals surface area contributed by atoms with Gasteiger partial charge in [0.25, 0.3) is 0 Å². The summed E-state index contributed by atoms with van der Waals surface area (Å²) in [6, 6.07) is 3.17. The van der Waals surface area contributed by atoms with E-state index in [-0.39, 0.29) is 11.6 Å². The number of halogens is 1. The Balaban J connectivity index is 2.95. The van der Waals surface area contributed by atoms with Crippen LogP contribution in [0.1, 0.15) is 5.69 Å². The van der Waals surface area contributed by atoms with E-state index in [4.69, 9.17) is 16.7 Å². The van der Waals surface area contributed by atoms with E-state index in [1.54, 1.807) is 12.3 Å². The molecule has 3 heteroatoms. The molecule has 11 heavy (non-hydrogen) atoms. The molecular formula is C8H6ClNO. The highest BCUT2D eigenvalue weighted by atomic mass is 35.5. The predicted octanol–water partition coefficient (Wildman–Crippen LogP) is 1.38. The first-order chi connectivity index (χ1) is 5.34. The van der Waals surface area contributed by atoms with Gasteiger partial charge in [-0.05, 0) is 18.1 Å². The summed E-state index contributed by atoms with van der Waals surface area (Å²) in [6.07, 6.45) is 1.57. The average Bonchev–Trinajstić information content (AvgIpc) is 2.03. The first-order valence-electron chi connectivity index (χ1n) is 3.03. The Hall–Kier alpha value is -1.20. The molecule has 0 aromatic carbocycles. The third-order valence-electron chi connectivity index (χ3n) is 1.06. The monoisotopic (exact) mass is 167 g/mol. The fraction of sp³-hybridized carbons (Fsp3) is 0.125. The minimum atomic E-state index is 0.0881. The van der Waals surface area contributed by atoms with Gasteiger partial charge in [0.05, 0.1) is 5.88 Å². The second-order valence-corrected chi connectivity index (χ2v) is 2.07. The lowest BCUT2D eigenvalue weighted by atomic mass is 10.3. The molecule has 56 valence electrons. The number of nitrogens with zero attached hydrogens (tertiary/aromatic N) is 1. The van der Waals surface area contributed by atoms with Crippen LogP contribution in [-0.2, 0) is 0 Å². The van der Waals surface area contributed by atoms with Crippen molar-refractivity contribution < 1.29 is 5.11 Å². The first-order valence-corrected chi connectivity index (χ1v) is 3.57. The van der Waals surface area contributed by atoms with Crippen molar-refractivity contribution in [3.63, 3.8) is 0 Å². The molecule has 0 saturated heterocycles. The standard InChI is InChI=1S/C8H6ClNO/c9-5-1-3-7-8(11)4-2-6-10-7/h2,4,6,11H,5H2. The van der Waals surface area contributed by atoms with E-state index in [1.165, 1.54) is 6.07 Å². The van der Waals surface area contributed by atoms with Crippen molar-refractivity contribution in [3.8, 4) is 17.6 Å². The van der Waals surface area contributed by atoms with Gasteiger partial charge in [-0.2, -0.15) is 0 Å². The van der Waals surface area contributed by atoms with Crippen molar-refractivity contribution in [2.45, 2.75) is 0 Å². The Bertz CT molecular complexity index is 300. The van der Waals surface area contributed by atoms with Gasteiger partial charge in [0, 0.05) is 6.20 Å². The highest BCUT2D eigenvalue weighted by Crippen LogP contribution is 2.09. The highest BCUT2D eigenvalue weighted by molar-refractivity contribution is 6.19. The molecule has 1 rings (SSSR count). The number of hydrogen-bond acceptors (Lipinski definition) is 2. The van der Waals surface area contributed by atoms with E-state index in [2.05, 4.69) is 16.8 Å². The maximum atomic E-state index is 9.13. The summed E-state index contributed by atoms with van der Waals surface area (Å²) in [7, 11) is 0. The molecule has 0 fully saturated rings. The van der Waals surface area contributed by atoms with Crippen LogP contribution in [-0.4, -0.2) is 16.0 Å². The largest absolute Gasteiger partial charge is 0.505 e. The van der Waals surface area contributed by atoms with Crippen LogP contribution in [0.25, 0.3) is 0 Å². The molecule has 0 radical (unpaired) electrons. The maximum absolute atomic E-state index is 9.13. The summed E-state index contributed by atoms with van der Waals surface area (Å²) < 4.78 is 0. The molecule has 0 aliphatic heterocycles. The van der Waals surface area contributed by atoms with Gasteiger partial charge in [-0.15, -0.1) is 11.6 Å². The molecule has 0 amide bonds. The lowest BCUT2D eigenvalue weighted by molar-refractivity contribution is 0.471. The molecule has 0 aliphatic rings. The average molecular weight is 168 g/mol. The van der Waals surface area contributed by atoms with Gasteiger partial charge >= 0.3 is 0 Å². The van der Waals surface area contributed by atoms with Crippen LogP contribution in [0.5, 0.6) is 5.75 Å². The van der Waals surface area contributed by atoms with E-state index in [9.17, 15) is 0 Å². The summed E-state index contributed by atoms with van der Waals surface area (Å²) in [5, 5.41) is 9.13. The number of aromatic hydroxyl groups is 1. The highest BCUT2D eigenvalue weighted by Gasteiger charge is 1.93. The molecule has 0 spiro atoms. The fourth-order valence-electron chi connectivity index (χ4n) is 0.610. The van der Waals surface area contributed by atoms with Crippen LogP contribution < -0.4 is 0 Å². The van der Waals surface area contributed by atoms with Crippen molar-refractivity contribution in [1.29, 1.82) is 0 Å². The van der Waals surface area contributed by atoms with Crippen LogP contribution in [0.2, 0.25) is 0 Å². The van der Waals surface area contributed by atoms with Crippen LogP contribution in [0.4, 0.5) is 0 Å². The number of aromatic nitrogens is 1. The molecule has 1 aromatic heterocycles. The van der Waals surface area contributed by atoms with E-state index in [1.807, 2.05) is 0 Å². The Morgan fingerprint density at radius 1 is 1.64 bits per heavy atom. The Morgan fingerprint density at radius 2 is 2.45 bits per heavy atom. The minimum Gasteiger partial charge on any atom is -0.505 e. The SMILES string of the molecule is Oc1cccnc1C#CCCl. The lowest BCUT2D eigenvalue weighted by Gasteiger charge is -1.91. The first kappa shape index (κ1) is 7.90. The molecule has 0 unspecified atom stereocenters. The Kier molecular flexibility index (Phi) is 2.76. The molecule has 1 aromatic rings. The normalized spacial score (nSPS) is 8.45. The van der Waals surface area contributed by atoms with Gasteiger partial charge in [0.1, 0.15) is 5.75 Å². The van der Waals surface area contributed by atoms with Crippen LogP contribution in [0, 0.1) is 11.8 Å². The Morgan fingerprint density at radius 3 is 3.09 bits per heavy atom. The van der Waals surface area contributed by atoms with Crippen LogP contribution in [0.3, 0.4) is 0 Å². The molecule has 0 bridgehead atoms. The third-order valence-corrected chi connectivity index (χ3v) is 1.19. The van der Waals surface area contributed by atoms with E-state index >= 15 is 0 Å². The van der Waals surface area contributed by atoms with Gasteiger partial charge in [-0.25, -0.2) is 4.98 Å². The summed E-state index contributed by atoms with van der Waals surface area (Å²) in [6.45, 7) is 0. The maximum Gasteiger partial charge on any atom is 0.154 e.